The highest BCUT2D eigenvalue weighted by Crippen LogP contribution is 2.19. The van der Waals surface area contributed by atoms with Crippen molar-refractivity contribution in [2.24, 2.45) is 0 Å². The Morgan fingerprint density at radius 2 is 0.432 bits per heavy atom. The lowest BCUT2D eigenvalue weighted by Crippen LogP contribution is -3.00. The molecule has 226 valence electrons. The molecular formula is C35H74BrN. The van der Waals surface area contributed by atoms with E-state index in [0.717, 1.165) is 0 Å². The summed E-state index contributed by atoms with van der Waals surface area (Å²) in [5.41, 5.74) is 0. The molecule has 0 radical (unpaired) electrons. The fraction of sp³-hybridized carbons (Fsp3) is 1.00. The molecule has 0 rings (SSSR count). The van der Waals surface area contributed by atoms with E-state index in [9.17, 15) is 0 Å². The SMILES string of the molecule is CCCCCCCCCCCCCCCCCCCCCCC[N+](CCCC)(CCCC)CCCC.[Br-]. The Hall–Kier alpha value is 0.440. The van der Waals surface area contributed by atoms with Crippen molar-refractivity contribution in [3.63, 3.8) is 0 Å². The summed E-state index contributed by atoms with van der Waals surface area (Å²) in [5.74, 6) is 0. The first-order valence-corrected chi connectivity index (χ1v) is 17.6. The second kappa shape index (κ2) is 32.7. The summed E-state index contributed by atoms with van der Waals surface area (Å²) in [6, 6.07) is 0. The summed E-state index contributed by atoms with van der Waals surface area (Å²) in [5, 5.41) is 0. The van der Waals surface area contributed by atoms with Gasteiger partial charge >= 0.3 is 0 Å². The Balaban J connectivity index is 0. The standard InChI is InChI=1S/C35H74N.BrH/c1-5-9-13-14-15-16-17-18-19-20-21-22-23-24-25-26-27-28-29-30-31-35-36(32-10-6-2,33-11-7-3)34-12-8-4;/h5-35H2,1-4H3;1H/q+1;/p-1. The molecule has 0 unspecified atom stereocenters. The van der Waals surface area contributed by atoms with E-state index in [1.165, 1.54) is 204 Å². The minimum absolute atomic E-state index is 0. The van der Waals surface area contributed by atoms with Crippen LogP contribution in [0.2, 0.25) is 0 Å². The zero-order chi connectivity index (χ0) is 26.4. The van der Waals surface area contributed by atoms with Crippen molar-refractivity contribution in [1.82, 2.24) is 0 Å². The average molecular weight is 589 g/mol. The second-order valence-electron chi connectivity index (χ2n) is 12.4. The average Bonchev–Trinajstić information content (AvgIpc) is 2.90. The number of unbranched alkanes of at least 4 members (excludes halogenated alkanes) is 23. The maximum absolute atomic E-state index is 2.37. The minimum atomic E-state index is 0. The third-order valence-corrected chi connectivity index (χ3v) is 8.69. The van der Waals surface area contributed by atoms with Gasteiger partial charge in [-0.1, -0.05) is 169 Å². The summed E-state index contributed by atoms with van der Waals surface area (Å²) in [6.45, 7) is 15.2. The molecule has 0 bridgehead atoms. The van der Waals surface area contributed by atoms with Gasteiger partial charge in [-0.2, -0.15) is 0 Å². The molecule has 0 heterocycles. The van der Waals surface area contributed by atoms with Crippen LogP contribution in [-0.4, -0.2) is 30.7 Å². The van der Waals surface area contributed by atoms with Crippen molar-refractivity contribution in [3.05, 3.63) is 0 Å². The third kappa shape index (κ3) is 27.8. The first-order valence-electron chi connectivity index (χ1n) is 17.6. The lowest BCUT2D eigenvalue weighted by Gasteiger charge is -2.39. The minimum Gasteiger partial charge on any atom is -1.00 e. The van der Waals surface area contributed by atoms with Crippen molar-refractivity contribution in [1.29, 1.82) is 0 Å². The van der Waals surface area contributed by atoms with E-state index in [0.29, 0.717) is 0 Å². The van der Waals surface area contributed by atoms with Crippen LogP contribution in [0.25, 0.3) is 0 Å². The number of quaternary nitrogens is 1. The van der Waals surface area contributed by atoms with Gasteiger partial charge in [0.15, 0.2) is 0 Å². The third-order valence-electron chi connectivity index (χ3n) is 8.69. The van der Waals surface area contributed by atoms with Crippen LogP contribution in [0.4, 0.5) is 0 Å². The molecule has 0 aliphatic carbocycles. The normalized spacial score (nSPS) is 11.7. The zero-order valence-electron chi connectivity index (χ0n) is 26.7. The van der Waals surface area contributed by atoms with Crippen molar-refractivity contribution in [3.8, 4) is 0 Å². The molecule has 0 spiro atoms. The van der Waals surface area contributed by atoms with Gasteiger partial charge in [-0.3, -0.25) is 0 Å². The maximum atomic E-state index is 2.37. The van der Waals surface area contributed by atoms with Crippen LogP contribution in [-0.2, 0) is 0 Å². The van der Waals surface area contributed by atoms with Gasteiger partial charge in [0.05, 0.1) is 26.2 Å². The lowest BCUT2D eigenvalue weighted by atomic mass is 10.0. The molecule has 0 amide bonds. The van der Waals surface area contributed by atoms with Crippen LogP contribution in [0.3, 0.4) is 0 Å². The highest BCUT2D eigenvalue weighted by atomic mass is 79.9. The van der Waals surface area contributed by atoms with E-state index in [1.54, 1.807) is 0 Å². The molecule has 0 atom stereocenters. The van der Waals surface area contributed by atoms with Gasteiger partial charge in [0.2, 0.25) is 0 Å². The van der Waals surface area contributed by atoms with Crippen molar-refractivity contribution < 1.29 is 21.5 Å². The van der Waals surface area contributed by atoms with Gasteiger partial charge in [0, 0.05) is 0 Å². The van der Waals surface area contributed by atoms with E-state index in [2.05, 4.69) is 27.7 Å². The molecule has 1 nitrogen and oxygen atoms in total. The Morgan fingerprint density at radius 1 is 0.243 bits per heavy atom. The largest absolute Gasteiger partial charge is 1.00 e. The first-order chi connectivity index (χ1) is 17.7. The highest BCUT2D eigenvalue weighted by Gasteiger charge is 2.24. The Morgan fingerprint density at radius 3 is 0.676 bits per heavy atom. The monoisotopic (exact) mass is 588 g/mol. The molecule has 37 heavy (non-hydrogen) atoms. The smallest absolute Gasteiger partial charge is 0.0786 e. The Kier molecular flexibility index (Phi) is 34.9. The highest BCUT2D eigenvalue weighted by molar-refractivity contribution is 4.53. The van der Waals surface area contributed by atoms with Crippen LogP contribution >= 0.6 is 0 Å². The summed E-state index contributed by atoms with van der Waals surface area (Å²) < 4.78 is 1.44. The lowest BCUT2D eigenvalue weighted by molar-refractivity contribution is -0.929. The van der Waals surface area contributed by atoms with Gasteiger partial charge in [-0.05, 0) is 32.1 Å². The number of hydrogen-bond acceptors (Lipinski definition) is 0. The summed E-state index contributed by atoms with van der Waals surface area (Å²) in [7, 11) is 0. The summed E-state index contributed by atoms with van der Waals surface area (Å²) in [6.07, 6.45) is 39.4. The van der Waals surface area contributed by atoms with Crippen molar-refractivity contribution in [2.75, 3.05) is 26.2 Å². The van der Waals surface area contributed by atoms with E-state index in [-0.39, 0.29) is 17.0 Å². The second-order valence-corrected chi connectivity index (χ2v) is 12.4. The molecule has 0 N–H and O–H groups in total. The van der Waals surface area contributed by atoms with Crippen molar-refractivity contribution >= 4 is 0 Å². The molecule has 0 aromatic heterocycles. The van der Waals surface area contributed by atoms with E-state index >= 15 is 0 Å². The topological polar surface area (TPSA) is 0 Å². The fourth-order valence-electron chi connectivity index (χ4n) is 6.03. The first kappa shape index (κ1) is 39.6. The van der Waals surface area contributed by atoms with Gasteiger partial charge < -0.3 is 21.5 Å². The van der Waals surface area contributed by atoms with Crippen LogP contribution in [0.1, 0.15) is 201 Å². The zero-order valence-corrected chi connectivity index (χ0v) is 28.3. The molecule has 0 aromatic carbocycles. The molecular weight excluding hydrogens is 514 g/mol. The molecule has 0 saturated carbocycles. The Bertz CT molecular complexity index is 375. The molecule has 2 heteroatoms. The van der Waals surface area contributed by atoms with Gasteiger partial charge in [-0.25, -0.2) is 0 Å². The quantitative estimate of drug-likeness (QED) is 0.0559. The van der Waals surface area contributed by atoms with E-state index in [1.807, 2.05) is 0 Å². The molecule has 0 fully saturated rings. The molecule has 0 aromatic rings. The number of hydrogen-bond donors (Lipinski definition) is 0. The number of nitrogens with zero attached hydrogens (tertiary/aromatic N) is 1. The van der Waals surface area contributed by atoms with Gasteiger partial charge in [0.1, 0.15) is 0 Å². The van der Waals surface area contributed by atoms with E-state index in [4.69, 9.17) is 0 Å². The van der Waals surface area contributed by atoms with Gasteiger partial charge in [-0.15, -0.1) is 0 Å². The Labute approximate surface area is 248 Å². The number of halogens is 1. The predicted molar refractivity (Wildman–Crippen MR) is 167 cm³/mol. The van der Waals surface area contributed by atoms with Crippen molar-refractivity contribution in [2.45, 2.75) is 201 Å². The molecule has 0 saturated heterocycles. The fourth-order valence-corrected chi connectivity index (χ4v) is 6.03. The summed E-state index contributed by atoms with van der Waals surface area (Å²) in [4.78, 5) is 0. The van der Waals surface area contributed by atoms with Crippen LogP contribution in [0.15, 0.2) is 0 Å². The summed E-state index contributed by atoms with van der Waals surface area (Å²) >= 11 is 0. The van der Waals surface area contributed by atoms with Crippen LogP contribution in [0.5, 0.6) is 0 Å². The van der Waals surface area contributed by atoms with E-state index < -0.39 is 0 Å². The van der Waals surface area contributed by atoms with Crippen LogP contribution < -0.4 is 17.0 Å². The molecule has 0 aliphatic rings. The maximum Gasteiger partial charge on any atom is 0.0786 e. The number of rotatable bonds is 31. The molecule has 0 aliphatic heterocycles. The predicted octanol–water partition coefficient (Wildman–Crippen LogP) is 9.42. The van der Waals surface area contributed by atoms with Gasteiger partial charge in [0.25, 0.3) is 0 Å². The van der Waals surface area contributed by atoms with Crippen LogP contribution in [0, 0.1) is 0 Å².